The number of aliphatic imine (C=N–C) groups is 1. The van der Waals surface area contributed by atoms with Gasteiger partial charge in [0, 0.05) is 18.5 Å². The number of carbonyl (C=O) groups is 1. The van der Waals surface area contributed by atoms with Gasteiger partial charge in [-0.05, 0) is 25.7 Å². The monoisotopic (exact) mass is 308 g/mol. The number of guanidine groups is 1. The van der Waals surface area contributed by atoms with E-state index in [0.717, 1.165) is 12.8 Å². The smallest absolute Gasteiger partial charge is 0.222 e. The molecule has 0 bridgehead atoms. The summed E-state index contributed by atoms with van der Waals surface area (Å²) in [6.45, 7) is 0.476. The van der Waals surface area contributed by atoms with Gasteiger partial charge in [-0.3, -0.25) is 9.79 Å². The third kappa shape index (κ3) is 6.67. The molecule has 5 nitrogen and oxygen atoms in total. The largest absolute Gasteiger partial charge is 0.370 e. The molecule has 0 saturated heterocycles. The van der Waals surface area contributed by atoms with Crippen LogP contribution in [0.5, 0.6) is 0 Å². The first-order valence-corrected chi connectivity index (χ1v) is 9.10. The summed E-state index contributed by atoms with van der Waals surface area (Å²) in [7, 11) is 0. The molecule has 4 N–H and O–H groups in total. The second-order valence-corrected chi connectivity index (χ2v) is 6.75. The van der Waals surface area contributed by atoms with Crippen molar-refractivity contribution in [2.75, 3.05) is 6.54 Å². The molecule has 2 saturated carbocycles. The maximum Gasteiger partial charge on any atom is 0.222 e. The van der Waals surface area contributed by atoms with Crippen molar-refractivity contribution < 1.29 is 4.79 Å². The van der Waals surface area contributed by atoms with Gasteiger partial charge in [-0.2, -0.15) is 0 Å². The lowest BCUT2D eigenvalue weighted by Crippen LogP contribution is -2.40. The second kappa shape index (κ2) is 9.70. The van der Waals surface area contributed by atoms with Crippen molar-refractivity contribution >= 4 is 11.9 Å². The van der Waals surface area contributed by atoms with Crippen molar-refractivity contribution in [3.8, 4) is 0 Å². The molecule has 0 aromatic heterocycles. The Morgan fingerprint density at radius 2 is 1.36 bits per heavy atom. The Hall–Kier alpha value is -1.26. The first-order chi connectivity index (χ1) is 10.7. The fourth-order valence-corrected chi connectivity index (χ4v) is 3.50. The molecule has 0 spiro atoms. The van der Waals surface area contributed by atoms with E-state index in [1.807, 2.05) is 0 Å². The van der Waals surface area contributed by atoms with E-state index in [1.165, 1.54) is 57.8 Å². The van der Waals surface area contributed by atoms with E-state index in [4.69, 9.17) is 5.73 Å². The average molecular weight is 308 g/mol. The Kier molecular flexibility index (Phi) is 7.54. The third-order valence-corrected chi connectivity index (χ3v) is 4.80. The van der Waals surface area contributed by atoms with Crippen LogP contribution in [0, 0.1) is 0 Å². The fraction of sp³-hybridized carbons (Fsp3) is 0.882. The molecule has 0 aromatic carbocycles. The molecule has 5 heteroatoms. The van der Waals surface area contributed by atoms with E-state index in [0.29, 0.717) is 31.0 Å². The maximum atomic E-state index is 11.9. The van der Waals surface area contributed by atoms with Gasteiger partial charge in [-0.15, -0.1) is 0 Å². The van der Waals surface area contributed by atoms with Crippen LogP contribution in [0.2, 0.25) is 0 Å². The summed E-state index contributed by atoms with van der Waals surface area (Å²) < 4.78 is 0. The zero-order valence-electron chi connectivity index (χ0n) is 13.8. The topological polar surface area (TPSA) is 79.5 Å². The lowest BCUT2D eigenvalue weighted by molar-refractivity contribution is -0.121. The summed E-state index contributed by atoms with van der Waals surface area (Å²) in [5.41, 5.74) is 5.93. The quantitative estimate of drug-likeness (QED) is 0.415. The number of nitrogens with two attached hydrogens (primary N) is 1. The predicted molar refractivity (Wildman–Crippen MR) is 90.7 cm³/mol. The summed E-state index contributed by atoms with van der Waals surface area (Å²) in [6.07, 6.45) is 14.0. The number of nitrogens with one attached hydrogen (secondary N) is 2. The second-order valence-electron chi connectivity index (χ2n) is 6.75. The van der Waals surface area contributed by atoms with Crippen molar-refractivity contribution in [2.24, 2.45) is 10.7 Å². The van der Waals surface area contributed by atoms with E-state index in [1.54, 1.807) is 0 Å². The van der Waals surface area contributed by atoms with Gasteiger partial charge in [0.15, 0.2) is 5.96 Å². The van der Waals surface area contributed by atoms with E-state index >= 15 is 0 Å². The molecular weight excluding hydrogens is 276 g/mol. The van der Waals surface area contributed by atoms with Gasteiger partial charge in [0.05, 0.1) is 6.54 Å². The number of rotatable bonds is 5. The Morgan fingerprint density at radius 1 is 0.864 bits per heavy atom. The first-order valence-electron chi connectivity index (χ1n) is 9.10. The summed E-state index contributed by atoms with van der Waals surface area (Å²) in [5.74, 6) is 0.607. The fourth-order valence-electron chi connectivity index (χ4n) is 3.50. The minimum absolute atomic E-state index is 0.109. The minimum Gasteiger partial charge on any atom is -0.370 e. The molecule has 0 aliphatic heterocycles. The van der Waals surface area contributed by atoms with Crippen LogP contribution in [-0.2, 0) is 4.79 Å². The third-order valence-electron chi connectivity index (χ3n) is 4.80. The Balaban J connectivity index is 1.61. The molecule has 0 atom stereocenters. The molecule has 126 valence electrons. The van der Waals surface area contributed by atoms with Crippen molar-refractivity contribution in [1.82, 2.24) is 10.6 Å². The summed E-state index contributed by atoms with van der Waals surface area (Å²) >= 11 is 0. The Morgan fingerprint density at radius 3 is 1.95 bits per heavy atom. The highest BCUT2D eigenvalue weighted by Gasteiger charge is 2.15. The minimum atomic E-state index is 0.109. The molecule has 22 heavy (non-hydrogen) atoms. The van der Waals surface area contributed by atoms with Gasteiger partial charge >= 0.3 is 0 Å². The van der Waals surface area contributed by atoms with Crippen LogP contribution in [0.4, 0.5) is 0 Å². The lowest BCUT2D eigenvalue weighted by atomic mass is 9.95. The Bertz CT molecular complexity index is 356. The maximum absolute atomic E-state index is 11.9. The van der Waals surface area contributed by atoms with Crippen LogP contribution < -0.4 is 16.4 Å². The van der Waals surface area contributed by atoms with Crippen LogP contribution >= 0.6 is 0 Å². The van der Waals surface area contributed by atoms with Crippen LogP contribution in [0.1, 0.15) is 77.0 Å². The number of hydrogen-bond acceptors (Lipinski definition) is 2. The zero-order valence-corrected chi connectivity index (χ0v) is 13.8. The van der Waals surface area contributed by atoms with Gasteiger partial charge in [-0.1, -0.05) is 44.9 Å². The Labute approximate surface area is 134 Å². The van der Waals surface area contributed by atoms with Gasteiger partial charge in [0.25, 0.3) is 0 Å². The number of carbonyl (C=O) groups excluding carboxylic acids is 1. The zero-order chi connectivity index (χ0) is 15.6. The molecule has 2 rings (SSSR count). The summed E-state index contributed by atoms with van der Waals surface area (Å²) in [5, 5.41) is 6.42. The van der Waals surface area contributed by atoms with Gasteiger partial charge in [-0.25, -0.2) is 0 Å². The average Bonchev–Trinajstić information content (AvgIpc) is 2.77. The lowest BCUT2D eigenvalue weighted by Gasteiger charge is -2.22. The van der Waals surface area contributed by atoms with E-state index in [2.05, 4.69) is 15.6 Å². The van der Waals surface area contributed by atoms with Crippen molar-refractivity contribution in [2.45, 2.75) is 89.1 Å². The van der Waals surface area contributed by atoms with Crippen LogP contribution in [0.15, 0.2) is 4.99 Å². The summed E-state index contributed by atoms with van der Waals surface area (Å²) in [4.78, 5) is 16.2. The molecular formula is C17H32N4O. The molecule has 0 unspecified atom stereocenters. The van der Waals surface area contributed by atoms with Crippen LogP contribution in [0.25, 0.3) is 0 Å². The molecule has 0 aromatic rings. The van der Waals surface area contributed by atoms with Crippen molar-refractivity contribution in [3.05, 3.63) is 0 Å². The van der Waals surface area contributed by atoms with Crippen molar-refractivity contribution in [1.29, 1.82) is 0 Å². The van der Waals surface area contributed by atoms with E-state index < -0.39 is 0 Å². The highest BCUT2D eigenvalue weighted by atomic mass is 16.1. The molecule has 1 amide bonds. The van der Waals surface area contributed by atoms with Crippen LogP contribution in [0.3, 0.4) is 0 Å². The van der Waals surface area contributed by atoms with E-state index in [9.17, 15) is 4.79 Å². The van der Waals surface area contributed by atoms with Gasteiger partial charge < -0.3 is 16.4 Å². The van der Waals surface area contributed by atoms with Gasteiger partial charge in [0.1, 0.15) is 0 Å². The first kappa shape index (κ1) is 17.1. The number of hydrogen-bond donors (Lipinski definition) is 3. The number of amides is 1. The normalized spacial score (nSPS) is 22.1. The van der Waals surface area contributed by atoms with Gasteiger partial charge in [0.2, 0.25) is 5.91 Å². The SMILES string of the molecule is NC(=NCCC(=O)NC1CCCCC1)NC1CCCCCC1. The predicted octanol–water partition coefficient (Wildman–Crippen LogP) is 2.45. The molecule has 0 heterocycles. The summed E-state index contributed by atoms with van der Waals surface area (Å²) in [6, 6.07) is 0.842. The standard InChI is InChI=1S/C17H32N4O/c18-17(21-15-10-4-1-2-5-11-15)19-13-12-16(22)20-14-8-6-3-7-9-14/h14-15H,1-13H2,(H,20,22)(H3,18,19,21). The molecule has 2 aliphatic rings. The highest BCUT2D eigenvalue weighted by molar-refractivity contribution is 5.79. The van der Waals surface area contributed by atoms with E-state index in [-0.39, 0.29) is 5.91 Å². The van der Waals surface area contributed by atoms with Crippen LogP contribution in [-0.4, -0.2) is 30.5 Å². The molecule has 2 fully saturated rings. The molecule has 0 radical (unpaired) electrons. The molecule has 2 aliphatic carbocycles. The number of nitrogens with zero attached hydrogens (tertiary/aromatic N) is 1. The van der Waals surface area contributed by atoms with Crippen molar-refractivity contribution in [3.63, 3.8) is 0 Å². The highest BCUT2D eigenvalue weighted by Crippen LogP contribution is 2.18.